The molecule has 15 heavy (non-hydrogen) atoms. The van der Waals surface area contributed by atoms with Crippen molar-refractivity contribution in [2.45, 2.75) is 32.9 Å². The third-order valence-corrected chi connectivity index (χ3v) is 2.23. The SMILES string of the molecule is Cc1ccc(C(C)C)cc1C(F)(F)F.[B]. The van der Waals surface area contributed by atoms with E-state index in [1.165, 1.54) is 19.1 Å². The van der Waals surface area contributed by atoms with Crippen molar-refractivity contribution in [1.29, 1.82) is 0 Å². The van der Waals surface area contributed by atoms with Gasteiger partial charge in [-0.25, -0.2) is 0 Å². The molecule has 0 aromatic heterocycles. The number of halogens is 3. The number of benzene rings is 1. The van der Waals surface area contributed by atoms with Crippen LogP contribution in [0.3, 0.4) is 0 Å². The van der Waals surface area contributed by atoms with Gasteiger partial charge in [0.05, 0.1) is 5.56 Å². The summed E-state index contributed by atoms with van der Waals surface area (Å²) >= 11 is 0. The first kappa shape index (κ1) is 14.1. The van der Waals surface area contributed by atoms with Gasteiger partial charge in [-0.15, -0.1) is 0 Å². The molecule has 1 aromatic carbocycles. The Balaban J connectivity index is 0.00000196. The van der Waals surface area contributed by atoms with E-state index in [1.54, 1.807) is 6.07 Å². The maximum atomic E-state index is 12.5. The molecule has 81 valence electrons. The summed E-state index contributed by atoms with van der Waals surface area (Å²) in [5, 5.41) is 0. The topological polar surface area (TPSA) is 0 Å². The van der Waals surface area contributed by atoms with Crippen LogP contribution in [-0.2, 0) is 6.18 Å². The summed E-state index contributed by atoms with van der Waals surface area (Å²) in [5.74, 6) is 0.122. The molecule has 0 aliphatic heterocycles. The summed E-state index contributed by atoms with van der Waals surface area (Å²) in [5.41, 5.74) is 0.480. The fourth-order valence-corrected chi connectivity index (χ4v) is 1.30. The Hall–Kier alpha value is -0.925. The fraction of sp³-hybridized carbons (Fsp3) is 0.455. The van der Waals surface area contributed by atoms with E-state index < -0.39 is 11.7 Å². The first-order valence-electron chi connectivity index (χ1n) is 4.50. The molecular formula is C11H13BF3. The van der Waals surface area contributed by atoms with Gasteiger partial charge >= 0.3 is 6.18 Å². The maximum absolute atomic E-state index is 12.5. The first-order valence-corrected chi connectivity index (χ1v) is 4.50. The van der Waals surface area contributed by atoms with Crippen LogP contribution < -0.4 is 0 Å². The normalized spacial score (nSPS) is 11.4. The monoisotopic (exact) mass is 213 g/mol. The van der Waals surface area contributed by atoms with Crippen molar-refractivity contribution in [1.82, 2.24) is 0 Å². The highest BCUT2D eigenvalue weighted by Crippen LogP contribution is 2.33. The van der Waals surface area contributed by atoms with E-state index >= 15 is 0 Å². The van der Waals surface area contributed by atoms with E-state index in [0.717, 1.165) is 5.56 Å². The minimum atomic E-state index is -4.24. The van der Waals surface area contributed by atoms with Crippen molar-refractivity contribution in [2.24, 2.45) is 0 Å². The van der Waals surface area contributed by atoms with E-state index in [9.17, 15) is 13.2 Å². The van der Waals surface area contributed by atoms with Gasteiger partial charge in [0.1, 0.15) is 0 Å². The number of rotatable bonds is 1. The number of hydrogen-bond acceptors (Lipinski definition) is 0. The molecule has 0 unspecified atom stereocenters. The maximum Gasteiger partial charge on any atom is 0.416 e. The Bertz CT molecular complexity index is 329. The lowest BCUT2D eigenvalue weighted by Crippen LogP contribution is -2.08. The highest BCUT2D eigenvalue weighted by Gasteiger charge is 2.32. The van der Waals surface area contributed by atoms with Crippen LogP contribution >= 0.6 is 0 Å². The van der Waals surface area contributed by atoms with Crippen LogP contribution in [0.2, 0.25) is 0 Å². The number of aryl methyl sites for hydroxylation is 1. The smallest absolute Gasteiger partial charge is 0.166 e. The third-order valence-electron chi connectivity index (χ3n) is 2.23. The van der Waals surface area contributed by atoms with Crippen LogP contribution in [-0.4, -0.2) is 8.41 Å². The molecule has 0 nitrogen and oxygen atoms in total. The summed E-state index contributed by atoms with van der Waals surface area (Å²) in [7, 11) is 0. The first-order chi connectivity index (χ1) is 6.32. The average Bonchev–Trinajstić information content (AvgIpc) is 2.02. The van der Waals surface area contributed by atoms with Gasteiger partial charge in [0, 0.05) is 8.41 Å². The van der Waals surface area contributed by atoms with E-state index in [1.807, 2.05) is 13.8 Å². The molecule has 0 saturated carbocycles. The lowest BCUT2D eigenvalue weighted by molar-refractivity contribution is -0.138. The van der Waals surface area contributed by atoms with Crippen molar-refractivity contribution in [3.8, 4) is 0 Å². The van der Waals surface area contributed by atoms with Crippen LogP contribution in [0.15, 0.2) is 18.2 Å². The molecule has 0 bridgehead atoms. The quantitative estimate of drug-likeness (QED) is 0.623. The Morgan fingerprint density at radius 3 is 2.07 bits per heavy atom. The van der Waals surface area contributed by atoms with Crippen molar-refractivity contribution < 1.29 is 13.2 Å². The zero-order chi connectivity index (χ0) is 10.9. The molecule has 0 saturated heterocycles. The van der Waals surface area contributed by atoms with E-state index in [4.69, 9.17) is 0 Å². The highest BCUT2D eigenvalue weighted by atomic mass is 19.4. The molecule has 0 fully saturated rings. The third kappa shape index (κ3) is 3.29. The van der Waals surface area contributed by atoms with Gasteiger partial charge in [-0.2, -0.15) is 13.2 Å². The zero-order valence-electron chi connectivity index (χ0n) is 9.02. The van der Waals surface area contributed by atoms with E-state index in [0.29, 0.717) is 0 Å². The molecule has 0 N–H and O–H groups in total. The molecule has 3 radical (unpaired) electrons. The lowest BCUT2D eigenvalue weighted by atomic mass is 9.98. The van der Waals surface area contributed by atoms with E-state index in [2.05, 4.69) is 0 Å². The van der Waals surface area contributed by atoms with Gasteiger partial charge in [0.15, 0.2) is 0 Å². The van der Waals surface area contributed by atoms with Crippen molar-refractivity contribution in [3.63, 3.8) is 0 Å². The minimum absolute atomic E-state index is 0. The van der Waals surface area contributed by atoms with Crippen LogP contribution in [0.5, 0.6) is 0 Å². The summed E-state index contributed by atoms with van der Waals surface area (Å²) in [6.07, 6.45) is -4.24. The minimum Gasteiger partial charge on any atom is -0.166 e. The van der Waals surface area contributed by atoms with Gasteiger partial charge in [-0.1, -0.05) is 26.0 Å². The molecule has 1 aromatic rings. The Morgan fingerprint density at radius 1 is 1.13 bits per heavy atom. The van der Waals surface area contributed by atoms with Crippen molar-refractivity contribution >= 4 is 8.41 Å². The summed E-state index contributed by atoms with van der Waals surface area (Å²) in [4.78, 5) is 0. The Kier molecular flexibility index (Phi) is 4.44. The zero-order valence-corrected chi connectivity index (χ0v) is 9.02. The molecule has 0 spiro atoms. The molecule has 0 atom stereocenters. The second kappa shape index (κ2) is 4.73. The molecule has 1 rings (SSSR count). The van der Waals surface area contributed by atoms with Crippen LogP contribution in [0, 0.1) is 6.92 Å². The van der Waals surface area contributed by atoms with E-state index in [-0.39, 0.29) is 19.9 Å². The van der Waals surface area contributed by atoms with Gasteiger partial charge in [0.25, 0.3) is 0 Å². The second-order valence-electron chi connectivity index (χ2n) is 3.73. The molecule has 4 heteroatoms. The highest BCUT2D eigenvalue weighted by molar-refractivity contribution is 5.75. The van der Waals surface area contributed by atoms with Crippen molar-refractivity contribution in [2.75, 3.05) is 0 Å². The Morgan fingerprint density at radius 2 is 1.67 bits per heavy atom. The van der Waals surface area contributed by atoms with Crippen molar-refractivity contribution in [3.05, 3.63) is 34.9 Å². The predicted molar refractivity (Wildman–Crippen MR) is 56.0 cm³/mol. The van der Waals surface area contributed by atoms with Crippen LogP contribution in [0.4, 0.5) is 13.2 Å². The predicted octanol–water partition coefficient (Wildman–Crippen LogP) is 3.76. The average molecular weight is 213 g/mol. The van der Waals surface area contributed by atoms with Crippen LogP contribution in [0.1, 0.15) is 36.5 Å². The van der Waals surface area contributed by atoms with Gasteiger partial charge in [-0.05, 0) is 30.0 Å². The number of alkyl halides is 3. The molecule has 0 aliphatic carbocycles. The standard InChI is InChI=1S/C11H13F3.B/c1-7(2)9-5-4-8(3)10(6-9)11(12,13)14;/h4-7H,1-3H3;. The van der Waals surface area contributed by atoms with Gasteiger partial charge in [-0.3, -0.25) is 0 Å². The fourth-order valence-electron chi connectivity index (χ4n) is 1.30. The molecule has 0 aliphatic rings. The summed E-state index contributed by atoms with van der Waals surface area (Å²) < 4.78 is 37.5. The second-order valence-corrected chi connectivity index (χ2v) is 3.73. The molecule has 0 amide bonds. The number of hydrogen-bond donors (Lipinski definition) is 0. The largest absolute Gasteiger partial charge is 0.416 e. The Labute approximate surface area is 90.1 Å². The summed E-state index contributed by atoms with van der Waals surface area (Å²) in [6, 6.07) is 4.51. The van der Waals surface area contributed by atoms with Crippen LogP contribution in [0.25, 0.3) is 0 Å². The van der Waals surface area contributed by atoms with Gasteiger partial charge < -0.3 is 0 Å². The lowest BCUT2D eigenvalue weighted by Gasteiger charge is -2.13. The summed E-state index contributed by atoms with van der Waals surface area (Å²) in [6.45, 7) is 5.24. The molecular weight excluding hydrogens is 200 g/mol. The molecule has 0 heterocycles. The van der Waals surface area contributed by atoms with Gasteiger partial charge in [0.2, 0.25) is 0 Å².